The lowest BCUT2D eigenvalue weighted by Gasteiger charge is -2.40. The molecule has 0 radical (unpaired) electrons. The second kappa shape index (κ2) is 7.23. The highest BCUT2D eigenvalue weighted by molar-refractivity contribution is 7.89. The third kappa shape index (κ3) is 3.82. The van der Waals surface area contributed by atoms with Crippen molar-refractivity contribution in [2.24, 2.45) is 10.6 Å². The number of rotatable bonds is 4. The van der Waals surface area contributed by atoms with Gasteiger partial charge in [0.25, 0.3) is 0 Å². The first-order valence-corrected chi connectivity index (χ1v) is 11.5. The highest BCUT2D eigenvalue weighted by Crippen LogP contribution is 2.43. The highest BCUT2D eigenvalue weighted by atomic mass is 32.2. The summed E-state index contributed by atoms with van der Waals surface area (Å²) in [7, 11) is -3.74. The van der Waals surface area contributed by atoms with Crippen molar-refractivity contribution >= 4 is 21.6 Å². The molecule has 7 heteroatoms. The maximum atomic E-state index is 13.0. The number of carbonyl (C=O) groups excluding carboxylic acids is 1. The Hall–Kier alpha value is -2.22. The van der Waals surface area contributed by atoms with Crippen molar-refractivity contribution in [3.63, 3.8) is 0 Å². The zero-order chi connectivity index (χ0) is 20.8. The monoisotopic (exact) mass is 413 g/mol. The third-order valence-electron chi connectivity index (χ3n) is 6.22. The maximum absolute atomic E-state index is 13.0. The number of primary sulfonamides is 1. The second-order valence-electron chi connectivity index (χ2n) is 8.63. The van der Waals surface area contributed by atoms with Crippen LogP contribution in [0.15, 0.2) is 47.4 Å². The summed E-state index contributed by atoms with van der Waals surface area (Å²) in [5, 5.41) is 8.73. The Labute approximate surface area is 172 Å². The number of amides is 1. The van der Waals surface area contributed by atoms with Crippen molar-refractivity contribution in [3.05, 3.63) is 59.2 Å². The Balaban J connectivity index is 1.51. The highest BCUT2D eigenvalue weighted by Gasteiger charge is 2.36. The van der Waals surface area contributed by atoms with E-state index in [1.54, 1.807) is 17.0 Å². The van der Waals surface area contributed by atoms with Crippen molar-refractivity contribution in [2.45, 2.75) is 44.0 Å². The zero-order valence-electron chi connectivity index (χ0n) is 16.8. The lowest BCUT2D eigenvalue weighted by Crippen LogP contribution is -2.44. The van der Waals surface area contributed by atoms with Crippen LogP contribution < -0.4 is 15.4 Å². The number of carbonyl (C=O) groups is 1. The van der Waals surface area contributed by atoms with E-state index in [-0.39, 0.29) is 28.8 Å². The molecule has 1 atom stereocenters. The van der Waals surface area contributed by atoms with Gasteiger partial charge in [-0.1, -0.05) is 38.1 Å². The molecule has 0 bridgehead atoms. The standard InChI is InChI=1S/C22H27N3O3S/c1-22(2)11-9-15-5-3-4-6-18(15)21(22)24-14-20(26)25-12-10-16-13-17(29(23,27)28)7-8-19(16)25/h3-8,13,21,24H,9-12,14H2,1-2H3,(H2,23,27,28)/t21-/m1/s1. The van der Waals surface area contributed by atoms with Gasteiger partial charge in [-0.3, -0.25) is 4.79 Å². The van der Waals surface area contributed by atoms with Crippen LogP contribution in [-0.4, -0.2) is 27.4 Å². The number of nitrogens with two attached hydrogens (primary N) is 1. The molecule has 1 heterocycles. The van der Waals surface area contributed by atoms with Gasteiger partial charge in [-0.2, -0.15) is 0 Å². The number of fused-ring (bicyclic) bond motifs is 2. The van der Waals surface area contributed by atoms with Gasteiger partial charge in [0.05, 0.1) is 11.4 Å². The van der Waals surface area contributed by atoms with E-state index < -0.39 is 10.0 Å². The first-order valence-electron chi connectivity index (χ1n) is 9.94. The molecular formula is C22H27N3O3S. The smallest absolute Gasteiger partial charge is 0.240 e. The van der Waals surface area contributed by atoms with Crippen molar-refractivity contribution < 1.29 is 13.2 Å². The Bertz CT molecular complexity index is 1060. The van der Waals surface area contributed by atoms with Gasteiger partial charge in [0.15, 0.2) is 0 Å². The molecule has 0 unspecified atom stereocenters. The fraction of sp³-hybridized carbons (Fsp3) is 0.409. The Morgan fingerprint density at radius 2 is 1.93 bits per heavy atom. The first kappa shape index (κ1) is 20.1. The molecule has 0 saturated heterocycles. The van der Waals surface area contributed by atoms with E-state index >= 15 is 0 Å². The second-order valence-corrected chi connectivity index (χ2v) is 10.2. The number of hydrogen-bond acceptors (Lipinski definition) is 4. The summed E-state index contributed by atoms with van der Waals surface area (Å²) >= 11 is 0. The van der Waals surface area contributed by atoms with Crippen LogP contribution in [-0.2, 0) is 27.7 Å². The quantitative estimate of drug-likeness (QED) is 0.806. The largest absolute Gasteiger partial charge is 0.311 e. The van der Waals surface area contributed by atoms with Crippen LogP contribution in [0.1, 0.15) is 43.0 Å². The molecule has 0 saturated carbocycles. The maximum Gasteiger partial charge on any atom is 0.240 e. The van der Waals surface area contributed by atoms with Gasteiger partial charge >= 0.3 is 0 Å². The molecule has 0 fully saturated rings. The van der Waals surface area contributed by atoms with Gasteiger partial charge in [0.1, 0.15) is 0 Å². The average molecular weight is 414 g/mol. The summed E-state index contributed by atoms with van der Waals surface area (Å²) in [6, 6.07) is 13.3. The van der Waals surface area contributed by atoms with E-state index in [1.165, 1.54) is 17.2 Å². The summed E-state index contributed by atoms with van der Waals surface area (Å²) in [6.45, 7) is 5.27. The van der Waals surface area contributed by atoms with Crippen LogP contribution in [0.2, 0.25) is 0 Å². The van der Waals surface area contributed by atoms with E-state index in [1.807, 2.05) is 0 Å². The lowest BCUT2D eigenvalue weighted by atomic mass is 9.70. The number of nitrogens with zero attached hydrogens (tertiary/aromatic N) is 1. The molecule has 2 aromatic rings. The molecule has 0 aromatic heterocycles. The van der Waals surface area contributed by atoms with Gasteiger partial charge in [-0.05, 0) is 59.6 Å². The fourth-order valence-corrected chi connectivity index (χ4v) is 5.12. The summed E-state index contributed by atoms with van der Waals surface area (Å²) in [4.78, 5) is 14.8. The molecule has 2 aromatic carbocycles. The third-order valence-corrected chi connectivity index (χ3v) is 7.13. The molecule has 3 N–H and O–H groups in total. The number of benzene rings is 2. The minimum atomic E-state index is -3.74. The SMILES string of the molecule is CC1(C)CCc2ccccc2[C@H]1NCC(=O)N1CCc2cc(S(N)(=O)=O)ccc21. The van der Waals surface area contributed by atoms with E-state index in [9.17, 15) is 13.2 Å². The van der Waals surface area contributed by atoms with Gasteiger partial charge in [-0.25, -0.2) is 13.6 Å². The Kier molecular flexibility index (Phi) is 5.01. The van der Waals surface area contributed by atoms with Gasteiger partial charge in [0, 0.05) is 18.3 Å². The molecule has 1 amide bonds. The fourth-order valence-electron chi connectivity index (χ4n) is 4.55. The van der Waals surface area contributed by atoms with E-state index in [0.717, 1.165) is 24.1 Å². The van der Waals surface area contributed by atoms with Crippen molar-refractivity contribution in [1.82, 2.24) is 5.32 Å². The number of anilines is 1. The van der Waals surface area contributed by atoms with Gasteiger partial charge in [-0.15, -0.1) is 0 Å². The summed E-state index contributed by atoms with van der Waals surface area (Å²) in [5.41, 5.74) is 4.29. The first-order chi connectivity index (χ1) is 13.7. The number of hydrogen-bond donors (Lipinski definition) is 2. The molecule has 1 aliphatic carbocycles. The molecule has 2 aliphatic rings. The summed E-state index contributed by atoms with van der Waals surface area (Å²) in [5.74, 6) is -0.00837. The van der Waals surface area contributed by atoms with Crippen LogP contribution in [0.5, 0.6) is 0 Å². The minimum absolute atomic E-state index is 0.00837. The average Bonchev–Trinajstić information content (AvgIpc) is 3.09. The van der Waals surface area contributed by atoms with Crippen LogP contribution >= 0.6 is 0 Å². The molecule has 154 valence electrons. The Morgan fingerprint density at radius 1 is 1.17 bits per heavy atom. The van der Waals surface area contributed by atoms with Crippen LogP contribution in [0, 0.1) is 5.41 Å². The van der Waals surface area contributed by atoms with Gasteiger partial charge < -0.3 is 10.2 Å². The number of aryl methyl sites for hydroxylation is 1. The minimum Gasteiger partial charge on any atom is -0.311 e. The number of sulfonamides is 1. The molecule has 4 rings (SSSR count). The predicted molar refractivity (Wildman–Crippen MR) is 113 cm³/mol. The van der Waals surface area contributed by atoms with Crippen molar-refractivity contribution in [2.75, 3.05) is 18.0 Å². The van der Waals surface area contributed by atoms with Crippen molar-refractivity contribution in [3.8, 4) is 0 Å². The molecule has 0 spiro atoms. The van der Waals surface area contributed by atoms with Crippen LogP contribution in [0.25, 0.3) is 0 Å². The normalized spacial score (nSPS) is 20.2. The van der Waals surface area contributed by atoms with Crippen molar-refractivity contribution in [1.29, 1.82) is 0 Å². The summed E-state index contributed by atoms with van der Waals surface area (Å²) < 4.78 is 23.1. The van der Waals surface area contributed by atoms with E-state index in [0.29, 0.717) is 13.0 Å². The zero-order valence-corrected chi connectivity index (χ0v) is 17.6. The topological polar surface area (TPSA) is 92.5 Å². The van der Waals surface area contributed by atoms with Gasteiger partial charge in [0.2, 0.25) is 15.9 Å². The predicted octanol–water partition coefficient (Wildman–Crippen LogP) is 2.53. The number of nitrogens with one attached hydrogen (secondary N) is 1. The molecule has 1 aliphatic heterocycles. The Morgan fingerprint density at radius 3 is 2.69 bits per heavy atom. The lowest BCUT2D eigenvalue weighted by molar-refractivity contribution is -0.118. The molecule has 6 nitrogen and oxygen atoms in total. The van der Waals surface area contributed by atoms with Crippen LogP contribution in [0.3, 0.4) is 0 Å². The van der Waals surface area contributed by atoms with E-state index in [2.05, 4.69) is 43.4 Å². The summed E-state index contributed by atoms with van der Waals surface area (Å²) in [6.07, 6.45) is 2.75. The molecule has 29 heavy (non-hydrogen) atoms. The van der Waals surface area contributed by atoms with Crippen LogP contribution in [0.4, 0.5) is 5.69 Å². The molecular weight excluding hydrogens is 386 g/mol. The van der Waals surface area contributed by atoms with E-state index in [4.69, 9.17) is 5.14 Å².